The van der Waals surface area contributed by atoms with Crippen LogP contribution in [0.2, 0.25) is 0 Å². The van der Waals surface area contributed by atoms with Gasteiger partial charge in [-0.3, -0.25) is 4.79 Å². The molecule has 0 aliphatic carbocycles. The third-order valence-corrected chi connectivity index (χ3v) is 5.45. The molecule has 0 radical (unpaired) electrons. The number of nitrogens with zero attached hydrogens (tertiary/aromatic N) is 4. The summed E-state index contributed by atoms with van der Waals surface area (Å²) in [5.41, 5.74) is 3.99. The van der Waals surface area contributed by atoms with Crippen LogP contribution in [0.5, 0.6) is 0 Å². The van der Waals surface area contributed by atoms with E-state index in [1.54, 1.807) is 10.6 Å². The number of rotatable bonds is 3. The van der Waals surface area contributed by atoms with Crippen LogP contribution < -0.4 is 0 Å². The van der Waals surface area contributed by atoms with Crippen LogP contribution in [0.3, 0.4) is 0 Å². The number of hydrogen-bond donors (Lipinski definition) is 0. The summed E-state index contributed by atoms with van der Waals surface area (Å²) in [5, 5.41) is 8.67. The molecule has 0 unspecified atom stereocenters. The Balaban J connectivity index is 1.49. The van der Waals surface area contributed by atoms with E-state index in [9.17, 15) is 9.18 Å². The van der Waals surface area contributed by atoms with Crippen molar-refractivity contribution >= 4 is 11.4 Å². The molecule has 144 valence electrons. The molecule has 1 aliphatic rings. The quantitative estimate of drug-likeness (QED) is 0.520. The van der Waals surface area contributed by atoms with Crippen molar-refractivity contribution in [1.29, 1.82) is 0 Å². The number of fused-ring (bicyclic) bond motifs is 1. The highest BCUT2D eigenvalue weighted by Crippen LogP contribution is 2.34. The van der Waals surface area contributed by atoms with Gasteiger partial charge in [0, 0.05) is 23.9 Å². The van der Waals surface area contributed by atoms with Crippen molar-refractivity contribution in [3.8, 4) is 11.1 Å². The largest absolute Gasteiger partial charge is 0.330 e. The van der Waals surface area contributed by atoms with Crippen LogP contribution in [-0.2, 0) is 0 Å². The number of aromatic nitrogens is 3. The molecule has 5 rings (SSSR count). The van der Waals surface area contributed by atoms with Crippen LogP contribution in [-0.4, -0.2) is 32.2 Å². The number of carbonyl (C=O) groups is 1. The summed E-state index contributed by atoms with van der Waals surface area (Å²) < 4.78 is 15.3. The molecule has 0 bridgehead atoms. The average Bonchev–Trinajstić information content (AvgIpc) is 3.40. The molecule has 1 atom stereocenters. The highest BCUT2D eigenvalue weighted by atomic mass is 19.1. The molecule has 1 amide bonds. The minimum atomic E-state index is -0.275. The van der Waals surface area contributed by atoms with Crippen molar-refractivity contribution in [3.63, 3.8) is 0 Å². The fraction of sp³-hybridized carbons (Fsp3) is 0.174. The van der Waals surface area contributed by atoms with Gasteiger partial charge in [-0.2, -0.15) is 0 Å². The number of likely N-dealkylation sites (tertiary alicyclic amines) is 1. The Morgan fingerprint density at radius 3 is 2.69 bits per heavy atom. The fourth-order valence-electron chi connectivity index (χ4n) is 4.03. The van der Waals surface area contributed by atoms with E-state index in [1.807, 2.05) is 59.6 Å². The van der Waals surface area contributed by atoms with E-state index in [2.05, 4.69) is 10.3 Å². The molecular formula is C23H19FN4O. The standard InChI is InChI=1S/C23H19FN4O/c24-19-9-4-8-17(14-19)18-11-12-21-22(25-26-28(21)15-18)20-10-5-13-27(20)23(29)16-6-2-1-3-7-16/h1-4,6-9,11-12,14-15,20H,5,10,13H2/t20-/m1/s1. The minimum Gasteiger partial charge on any atom is -0.330 e. The van der Waals surface area contributed by atoms with E-state index in [1.165, 1.54) is 12.1 Å². The lowest BCUT2D eigenvalue weighted by molar-refractivity contribution is 0.0734. The zero-order valence-electron chi connectivity index (χ0n) is 15.7. The Bertz CT molecular complexity index is 1190. The molecule has 4 aromatic rings. The Morgan fingerprint density at radius 1 is 1.00 bits per heavy atom. The van der Waals surface area contributed by atoms with Gasteiger partial charge in [-0.15, -0.1) is 5.10 Å². The van der Waals surface area contributed by atoms with Crippen molar-refractivity contribution in [2.45, 2.75) is 18.9 Å². The van der Waals surface area contributed by atoms with E-state index in [0.29, 0.717) is 12.1 Å². The fourth-order valence-corrected chi connectivity index (χ4v) is 4.03. The normalized spacial score (nSPS) is 16.4. The van der Waals surface area contributed by atoms with Crippen LogP contribution in [0.25, 0.3) is 16.6 Å². The molecule has 0 spiro atoms. The lowest BCUT2D eigenvalue weighted by atomic mass is 10.1. The molecule has 0 N–H and O–H groups in total. The predicted molar refractivity (Wildman–Crippen MR) is 108 cm³/mol. The third-order valence-electron chi connectivity index (χ3n) is 5.45. The molecule has 1 saturated heterocycles. The first-order valence-electron chi connectivity index (χ1n) is 9.67. The molecule has 29 heavy (non-hydrogen) atoms. The minimum absolute atomic E-state index is 0.0191. The zero-order valence-corrected chi connectivity index (χ0v) is 15.7. The number of benzene rings is 2. The first-order valence-corrected chi connectivity index (χ1v) is 9.67. The van der Waals surface area contributed by atoms with Gasteiger partial charge in [0.2, 0.25) is 0 Å². The van der Waals surface area contributed by atoms with Gasteiger partial charge in [-0.25, -0.2) is 8.91 Å². The van der Waals surface area contributed by atoms with Crippen LogP contribution in [0, 0.1) is 5.82 Å². The van der Waals surface area contributed by atoms with Gasteiger partial charge in [0.05, 0.1) is 11.6 Å². The lowest BCUT2D eigenvalue weighted by Gasteiger charge is -2.23. The SMILES string of the molecule is O=C(c1ccccc1)N1CCC[C@@H]1c1nnn2cc(-c3cccc(F)c3)ccc12. The first-order chi connectivity index (χ1) is 14.2. The van der Waals surface area contributed by atoms with Gasteiger partial charge in [-0.05, 0) is 48.7 Å². The number of amides is 1. The molecule has 5 nitrogen and oxygen atoms in total. The summed E-state index contributed by atoms with van der Waals surface area (Å²) in [4.78, 5) is 14.9. The topological polar surface area (TPSA) is 50.5 Å². The second-order valence-corrected chi connectivity index (χ2v) is 7.26. The van der Waals surface area contributed by atoms with E-state index in [0.717, 1.165) is 35.2 Å². The van der Waals surface area contributed by atoms with Crippen molar-refractivity contribution < 1.29 is 9.18 Å². The van der Waals surface area contributed by atoms with Crippen LogP contribution >= 0.6 is 0 Å². The molecule has 2 aromatic heterocycles. The molecule has 1 aliphatic heterocycles. The second-order valence-electron chi connectivity index (χ2n) is 7.26. The van der Waals surface area contributed by atoms with Gasteiger partial charge < -0.3 is 4.90 Å². The van der Waals surface area contributed by atoms with Gasteiger partial charge >= 0.3 is 0 Å². The highest BCUT2D eigenvalue weighted by molar-refractivity contribution is 5.94. The molecule has 0 saturated carbocycles. The van der Waals surface area contributed by atoms with Crippen LogP contribution in [0.1, 0.15) is 34.9 Å². The second kappa shape index (κ2) is 7.13. The summed E-state index contributed by atoms with van der Waals surface area (Å²) in [6, 6.07) is 19.6. The maximum absolute atomic E-state index is 13.6. The van der Waals surface area contributed by atoms with Crippen molar-refractivity contribution in [2.75, 3.05) is 6.54 Å². The lowest BCUT2D eigenvalue weighted by Crippen LogP contribution is -2.30. The van der Waals surface area contributed by atoms with Gasteiger partial charge in [-0.1, -0.05) is 41.6 Å². The van der Waals surface area contributed by atoms with Crippen molar-refractivity contribution in [2.24, 2.45) is 0 Å². The van der Waals surface area contributed by atoms with Crippen molar-refractivity contribution in [3.05, 3.63) is 90.0 Å². The molecule has 2 aromatic carbocycles. The smallest absolute Gasteiger partial charge is 0.254 e. The maximum atomic E-state index is 13.6. The van der Waals surface area contributed by atoms with Gasteiger partial charge in [0.15, 0.2) is 0 Å². The molecule has 6 heteroatoms. The van der Waals surface area contributed by atoms with Crippen molar-refractivity contribution in [1.82, 2.24) is 19.7 Å². The third kappa shape index (κ3) is 3.16. The Morgan fingerprint density at radius 2 is 1.86 bits per heavy atom. The number of hydrogen-bond acceptors (Lipinski definition) is 3. The number of halogens is 1. The van der Waals surface area contributed by atoms with E-state index < -0.39 is 0 Å². The Kier molecular flexibility index (Phi) is 4.31. The van der Waals surface area contributed by atoms with Gasteiger partial charge in [0.25, 0.3) is 5.91 Å². The van der Waals surface area contributed by atoms with Crippen LogP contribution in [0.4, 0.5) is 4.39 Å². The van der Waals surface area contributed by atoms with E-state index in [4.69, 9.17) is 0 Å². The maximum Gasteiger partial charge on any atom is 0.254 e. The molecular weight excluding hydrogens is 367 g/mol. The van der Waals surface area contributed by atoms with Crippen LogP contribution in [0.15, 0.2) is 72.9 Å². The summed E-state index contributed by atoms with van der Waals surface area (Å²) >= 11 is 0. The highest BCUT2D eigenvalue weighted by Gasteiger charge is 2.33. The zero-order chi connectivity index (χ0) is 19.8. The summed E-state index contributed by atoms with van der Waals surface area (Å²) in [5.74, 6) is -0.256. The Labute approximate surface area is 167 Å². The Hall–Kier alpha value is -3.54. The molecule has 3 heterocycles. The average molecular weight is 386 g/mol. The summed E-state index contributed by atoms with van der Waals surface area (Å²) in [6.45, 7) is 0.707. The number of carbonyl (C=O) groups excluding carboxylic acids is 1. The van der Waals surface area contributed by atoms with Gasteiger partial charge in [0.1, 0.15) is 11.5 Å². The summed E-state index contributed by atoms with van der Waals surface area (Å²) in [6.07, 6.45) is 3.64. The monoisotopic (exact) mass is 386 g/mol. The summed E-state index contributed by atoms with van der Waals surface area (Å²) in [7, 11) is 0. The number of pyridine rings is 1. The van der Waals surface area contributed by atoms with E-state index in [-0.39, 0.29) is 17.8 Å². The predicted octanol–water partition coefficient (Wildman–Crippen LogP) is 4.51. The van der Waals surface area contributed by atoms with E-state index >= 15 is 0 Å². The molecule has 1 fully saturated rings. The first kappa shape index (κ1) is 17.6.